The second kappa shape index (κ2) is 6.03. The predicted octanol–water partition coefficient (Wildman–Crippen LogP) is 4.01. The molecular weight excluding hydrogens is 290 g/mol. The molecule has 0 spiro atoms. The van der Waals surface area contributed by atoms with Gasteiger partial charge in [-0.25, -0.2) is 0 Å². The first kappa shape index (κ1) is 14.3. The summed E-state index contributed by atoms with van der Waals surface area (Å²) in [6.07, 6.45) is 0. The molecule has 0 aromatic heterocycles. The van der Waals surface area contributed by atoms with E-state index in [1.807, 2.05) is 19.1 Å². The Kier molecular flexibility index (Phi) is 6.17. The van der Waals surface area contributed by atoms with E-state index in [-0.39, 0.29) is 0 Å². The third kappa shape index (κ3) is 7.71. The molecule has 1 aromatic rings. The monoisotopic (exact) mass is 294 g/mol. The van der Waals surface area contributed by atoms with Crippen molar-refractivity contribution in [1.29, 1.82) is 0 Å². The fourth-order valence-corrected chi connectivity index (χ4v) is 0.959. The van der Waals surface area contributed by atoms with E-state index >= 15 is 0 Å². The van der Waals surface area contributed by atoms with Crippen molar-refractivity contribution in [1.82, 2.24) is 0 Å². The molecular formula is C7H6Cl4O2S. The Morgan fingerprint density at radius 3 is 1.86 bits per heavy atom. The first-order valence-corrected chi connectivity index (χ1v) is 7.16. The van der Waals surface area contributed by atoms with Crippen LogP contribution in [-0.4, -0.2) is 8.42 Å². The maximum Gasteiger partial charge on any atom is 0.317 e. The highest BCUT2D eigenvalue weighted by Crippen LogP contribution is 2.24. The Morgan fingerprint density at radius 1 is 1.14 bits per heavy atom. The molecule has 80 valence electrons. The summed E-state index contributed by atoms with van der Waals surface area (Å²) in [5.74, 6) is 0. The van der Waals surface area contributed by atoms with Gasteiger partial charge in [0.1, 0.15) is 0 Å². The van der Waals surface area contributed by atoms with Gasteiger partial charge in [0.25, 0.3) is 0 Å². The fraction of sp³-hybridized carbons (Fsp3) is 0.143. The van der Waals surface area contributed by atoms with Gasteiger partial charge < -0.3 is 0 Å². The van der Waals surface area contributed by atoms with Crippen LogP contribution in [-0.2, 0) is 8.26 Å². The fourth-order valence-electron chi connectivity index (χ4n) is 0.612. The Morgan fingerprint density at radius 2 is 1.57 bits per heavy atom. The zero-order valence-electron chi connectivity index (χ0n) is 6.97. The van der Waals surface area contributed by atoms with Crippen LogP contribution in [0.3, 0.4) is 0 Å². The lowest BCUT2D eigenvalue weighted by Crippen LogP contribution is -1.73. The second-order valence-corrected chi connectivity index (χ2v) is 6.70. The van der Waals surface area contributed by atoms with Crippen molar-refractivity contribution in [3.63, 3.8) is 0 Å². The summed E-state index contributed by atoms with van der Waals surface area (Å²) in [6.45, 7) is 1.92. The largest absolute Gasteiger partial charge is 0.317 e. The van der Waals surface area contributed by atoms with Crippen LogP contribution in [0, 0.1) is 6.92 Å². The smallest absolute Gasteiger partial charge is 0.195 e. The standard InChI is InChI=1S/C7H6Cl2.Cl2O2S/c1-5-3-2-4-6(8)7(5)9;1-5(2,3)4/h2-4H,1H3;. The van der Waals surface area contributed by atoms with Gasteiger partial charge in [0, 0.05) is 21.4 Å². The van der Waals surface area contributed by atoms with Crippen LogP contribution in [0.4, 0.5) is 0 Å². The van der Waals surface area contributed by atoms with Crippen molar-refractivity contribution in [3.8, 4) is 0 Å². The lowest BCUT2D eigenvalue weighted by Gasteiger charge is -1.96. The molecule has 0 unspecified atom stereocenters. The van der Waals surface area contributed by atoms with Crippen LogP contribution in [0.25, 0.3) is 0 Å². The van der Waals surface area contributed by atoms with Gasteiger partial charge in [0.15, 0.2) is 0 Å². The van der Waals surface area contributed by atoms with Crippen molar-refractivity contribution in [2.75, 3.05) is 0 Å². The predicted molar refractivity (Wildman–Crippen MR) is 61.8 cm³/mol. The van der Waals surface area contributed by atoms with Crippen LogP contribution < -0.4 is 0 Å². The van der Waals surface area contributed by atoms with Crippen molar-refractivity contribution in [3.05, 3.63) is 33.8 Å². The Hall–Kier alpha value is 0.330. The van der Waals surface area contributed by atoms with Crippen LogP contribution in [0.2, 0.25) is 10.0 Å². The molecule has 0 saturated heterocycles. The van der Waals surface area contributed by atoms with Gasteiger partial charge >= 0.3 is 8.26 Å². The van der Waals surface area contributed by atoms with Gasteiger partial charge in [-0.15, -0.1) is 0 Å². The topological polar surface area (TPSA) is 34.1 Å². The maximum absolute atomic E-state index is 9.16. The number of hydrogen-bond donors (Lipinski definition) is 0. The molecule has 2 nitrogen and oxygen atoms in total. The normalized spacial score (nSPS) is 10.4. The average Bonchev–Trinajstić information content (AvgIpc) is 1.97. The van der Waals surface area contributed by atoms with Crippen LogP contribution in [0.1, 0.15) is 5.56 Å². The Bertz CT molecular complexity index is 374. The van der Waals surface area contributed by atoms with E-state index in [0.717, 1.165) is 5.56 Å². The molecule has 0 amide bonds. The summed E-state index contributed by atoms with van der Waals surface area (Å²) < 4.78 is 18.3. The molecule has 1 aromatic carbocycles. The molecule has 0 atom stereocenters. The average molecular weight is 296 g/mol. The molecule has 0 fully saturated rings. The lowest BCUT2D eigenvalue weighted by molar-refractivity contribution is 0.621. The molecule has 14 heavy (non-hydrogen) atoms. The van der Waals surface area contributed by atoms with Gasteiger partial charge in [-0.05, 0) is 18.6 Å². The maximum atomic E-state index is 9.16. The van der Waals surface area contributed by atoms with Gasteiger partial charge in [-0.1, -0.05) is 35.3 Å². The highest BCUT2D eigenvalue weighted by atomic mass is 36.0. The van der Waals surface area contributed by atoms with E-state index in [2.05, 4.69) is 21.4 Å². The van der Waals surface area contributed by atoms with E-state index < -0.39 is 8.26 Å². The summed E-state index contributed by atoms with van der Waals surface area (Å²) in [6, 6.07) is 5.58. The third-order valence-electron chi connectivity index (χ3n) is 1.14. The van der Waals surface area contributed by atoms with Gasteiger partial charge in [0.05, 0.1) is 10.0 Å². The highest BCUT2D eigenvalue weighted by Gasteiger charge is 1.96. The zero-order chi connectivity index (χ0) is 11.4. The molecule has 0 bridgehead atoms. The molecule has 7 heteroatoms. The number of aryl methyl sites for hydroxylation is 1. The molecule has 0 aliphatic heterocycles. The van der Waals surface area contributed by atoms with Crippen LogP contribution >= 0.6 is 44.6 Å². The van der Waals surface area contributed by atoms with Crippen molar-refractivity contribution in [2.45, 2.75) is 6.92 Å². The second-order valence-electron chi connectivity index (χ2n) is 2.25. The number of benzene rings is 1. The lowest BCUT2D eigenvalue weighted by atomic mass is 10.2. The third-order valence-corrected chi connectivity index (χ3v) is 2.06. The van der Waals surface area contributed by atoms with Crippen molar-refractivity contribution < 1.29 is 8.42 Å². The minimum Gasteiger partial charge on any atom is -0.195 e. The Balaban J connectivity index is 0.000000292. The Labute approximate surface area is 102 Å². The summed E-state index contributed by atoms with van der Waals surface area (Å²) in [5.41, 5.74) is 1.02. The van der Waals surface area contributed by atoms with Gasteiger partial charge in [-0.2, -0.15) is 8.42 Å². The SMILES string of the molecule is Cc1cccc(Cl)c1Cl.O=S(=O)(Cl)Cl. The number of halogens is 4. The van der Waals surface area contributed by atoms with Crippen molar-refractivity contribution in [2.24, 2.45) is 0 Å². The first-order valence-electron chi connectivity index (χ1n) is 3.26. The van der Waals surface area contributed by atoms with Crippen LogP contribution in [0.15, 0.2) is 18.2 Å². The van der Waals surface area contributed by atoms with E-state index in [9.17, 15) is 0 Å². The molecule has 0 aliphatic carbocycles. The van der Waals surface area contributed by atoms with Gasteiger partial charge in [0.2, 0.25) is 0 Å². The van der Waals surface area contributed by atoms with E-state index in [1.54, 1.807) is 6.07 Å². The van der Waals surface area contributed by atoms with E-state index in [0.29, 0.717) is 10.0 Å². The highest BCUT2D eigenvalue weighted by molar-refractivity contribution is 8.31. The summed E-state index contributed by atoms with van der Waals surface area (Å²) in [7, 11) is 4.81. The molecule has 0 heterocycles. The minimum absolute atomic E-state index is 0.622. The zero-order valence-corrected chi connectivity index (χ0v) is 10.8. The molecule has 0 radical (unpaired) electrons. The first-order chi connectivity index (χ1) is 6.22. The summed E-state index contributed by atoms with van der Waals surface area (Å²) in [4.78, 5) is 0. The number of rotatable bonds is 0. The van der Waals surface area contributed by atoms with E-state index in [4.69, 9.17) is 31.6 Å². The minimum atomic E-state index is -3.72. The summed E-state index contributed by atoms with van der Waals surface area (Å²) >= 11 is 11.4. The quantitative estimate of drug-likeness (QED) is 0.678. The summed E-state index contributed by atoms with van der Waals surface area (Å²) in [5, 5.41) is 1.27. The van der Waals surface area contributed by atoms with E-state index in [1.165, 1.54) is 0 Å². The van der Waals surface area contributed by atoms with Crippen LogP contribution in [0.5, 0.6) is 0 Å². The van der Waals surface area contributed by atoms with Gasteiger partial charge in [-0.3, -0.25) is 0 Å². The molecule has 0 N–H and O–H groups in total. The molecule has 1 rings (SSSR count). The number of hydrogen-bond acceptors (Lipinski definition) is 2. The molecule has 0 aliphatic rings. The molecule has 0 saturated carbocycles. The van der Waals surface area contributed by atoms with Crippen molar-refractivity contribution >= 4 is 52.8 Å².